The van der Waals surface area contributed by atoms with Crippen molar-refractivity contribution in [3.8, 4) is 0 Å². The summed E-state index contributed by atoms with van der Waals surface area (Å²) >= 11 is 0. The molecule has 0 bridgehead atoms. The van der Waals surface area contributed by atoms with Crippen molar-refractivity contribution in [2.24, 2.45) is 4.99 Å². The van der Waals surface area contributed by atoms with Crippen molar-refractivity contribution in [1.82, 2.24) is 20.3 Å². The topological polar surface area (TPSA) is 66.1 Å². The van der Waals surface area contributed by atoms with E-state index in [2.05, 4.69) is 33.3 Å². The number of ether oxygens (including phenoxy) is 1. The molecule has 1 aromatic rings. The van der Waals surface area contributed by atoms with Crippen LogP contribution in [0.3, 0.4) is 0 Å². The van der Waals surface area contributed by atoms with E-state index >= 15 is 0 Å². The number of halogens is 1. The Bertz CT molecular complexity index is 623. The van der Waals surface area contributed by atoms with E-state index in [1.165, 1.54) is 5.57 Å². The molecule has 1 fully saturated rings. The van der Waals surface area contributed by atoms with Gasteiger partial charge < -0.3 is 19.5 Å². The second kappa shape index (κ2) is 11.7. The molecule has 0 aromatic carbocycles. The summed E-state index contributed by atoms with van der Waals surface area (Å²) in [6, 6.07) is 2.02. The van der Waals surface area contributed by atoms with Crippen molar-refractivity contribution >= 4 is 29.9 Å². The van der Waals surface area contributed by atoms with Crippen molar-refractivity contribution in [1.29, 1.82) is 0 Å². The molecule has 0 amide bonds. The molecule has 7 nitrogen and oxygen atoms in total. The van der Waals surface area contributed by atoms with Gasteiger partial charge in [0, 0.05) is 51.9 Å². The van der Waals surface area contributed by atoms with Crippen LogP contribution in [0.1, 0.15) is 31.2 Å². The molecule has 1 aromatic heterocycles. The zero-order chi connectivity index (χ0) is 18.2. The minimum absolute atomic E-state index is 0. The highest BCUT2D eigenvalue weighted by molar-refractivity contribution is 14.0. The highest BCUT2D eigenvalue weighted by atomic mass is 127. The van der Waals surface area contributed by atoms with Crippen LogP contribution in [0.25, 0.3) is 0 Å². The minimum atomic E-state index is 0. The first kappa shape index (κ1) is 22.2. The second-order valence-corrected chi connectivity index (χ2v) is 6.87. The van der Waals surface area contributed by atoms with E-state index in [4.69, 9.17) is 14.3 Å². The van der Waals surface area contributed by atoms with Crippen LogP contribution < -0.4 is 5.32 Å². The number of hydrogen-bond acceptors (Lipinski definition) is 5. The van der Waals surface area contributed by atoms with Crippen LogP contribution in [-0.4, -0.2) is 73.4 Å². The number of piperazine rings is 1. The van der Waals surface area contributed by atoms with Gasteiger partial charge in [0.05, 0.1) is 18.9 Å². The summed E-state index contributed by atoms with van der Waals surface area (Å²) < 4.78 is 10.5. The van der Waals surface area contributed by atoms with Gasteiger partial charge in [-0.3, -0.25) is 9.89 Å². The van der Waals surface area contributed by atoms with Gasteiger partial charge in [-0.25, -0.2) is 0 Å². The smallest absolute Gasteiger partial charge is 0.194 e. The number of rotatable bonds is 6. The Balaban J connectivity index is 0.00000261. The molecule has 0 radical (unpaired) electrons. The Kier molecular flexibility index (Phi) is 9.57. The highest BCUT2D eigenvalue weighted by Crippen LogP contribution is 2.12. The lowest BCUT2D eigenvalue weighted by Crippen LogP contribution is -2.52. The zero-order valence-electron chi connectivity index (χ0n) is 16.4. The molecule has 0 saturated carbocycles. The molecular weight excluding hydrogens is 457 g/mol. The molecule has 27 heavy (non-hydrogen) atoms. The number of nitrogens with zero attached hydrogens (tertiary/aromatic N) is 4. The lowest BCUT2D eigenvalue weighted by atomic mass is 10.1. The molecule has 152 valence electrons. The number of aliphatic imine (C=N–C) groups is 1. The number of hydrogen-bond donors (Lipinski definition) is 1. The first-order valence-electron chi connectivity index (χ1n) is 9.68. The normalized spacial score (nSPS) is 18.8. The zero-order valence-corrected chi connectivity index (χ0v) is 18.8. The predicted molar refractivity (Wildman–Crippen MR) is 118 cm³/mol. The summed E-state index contributed by atoms with van der Waals surface area (Å²) in [6.45, 7) is 12.3. The van der Waals surface area contributed by atoms with Gasteiger partial charge >= 0.3 is 0 Å². The van der Waals surface area contributed by atoms with Crippen molar-refractivity contribution < 1.29 is 9.26 Å². The second-order valence-electron chi connectivity index (χ2n) is 6.87. The molecule has 2 aliphatic rings. The van der Waals surface area contributed by atoms with Crippen LogP contribution in [-0.2, 0) is 11.3 Å². The summed E-state index contributed by atoms with van der Waals surface area (Å²) in [5.74, 6) is 1.91. The maximum atomic E-state index is 5.37. The molecule has 0 atom stereocenters. The Morgan fingerprint density at radius 2 is 2.11 bits per heavy atom. The fourth-order valence-corrected chi connectivity index (χ4v) is 3.36. The molecule has 2 aliphatic heterocycles. The minimum Gasteiger partial charge on any atom is -0.377 e. The van der Waals surface area contributed by atoms with Crippen molar-refractivity contribution in [2.45, 2.75) is 33.2 Å². The van der Waals surface area contributed by atoms with Gasteiger partial charge in [0.1, 0.15) is 5.76 Å². The van der Waals surface area contributed by atoms with Crippen LogP contribution in [0.15, 0.2) is 27.2 Å². The molecule has 3 rings (SSSR count). The average molecular weight is 489 g/mol. The molecule has 3 heterocycles. The van der Waals surface area contributed by atoms with E-state index in [-0.39, 0.29) is 24.0 Å². The Labute approximate surface area is 179 Å². The number of nitrogens with one attached hydrogen (secondary N) is 1. The van der Waals surface area contributed by atoms with Gasteiger partial charge in [0.25, 0.3) is 0 Å². The maximum Gasteiger partial charge on any atom is 0.194 e. The fourth-order valence-electron chi connectivity index (χ4n) is 3.36. The lowest BCUT2D eigenvalue weighted by Gasteiger charge is -2.36. The van der Waals surface area contributed by atoms with Gasteiger partial charge in [0.2, 0.25) is 0 Å². The Hall–Kier alpha value is -1.13. The predicted octanol–water partition coefficient (Wildman–Crippen LogP) is 2.42. The SMILES string of the molecule is CCNC(=NCCC1=CCOCC1)N1CCN(Cc2cc(C)on2)CC1.I. The van der Waals surface area contributed by atoms with Gasteiger partial charge in [-0.1, -0.05) is 16.8 Å². The Morgan fingerprint density at radius 1 is 1.30 bits per heavy atom. The van der Waals surface area contributed by atoms with Crippen LogP contribution in [0.2, 0.25) is 0 Å². The molecule has 0 unspecified atom stereocenters. The van der Waals surface area contributed by atoms with Crippen molar-refractivity contribution in [3.05, 3.63) is 29.2 Å². The van der Waals surface area contributed by atoms with E-state index in [0.717, 1.165) is 89.3 Å². The number of aromatic nitrogens is 1. The van der Waals surface area contributed by atoms with E-state index in [1.807, 2.05) is 13.0 Å². The summed E-state index contributed by atoms with van der Waals surface area (Å²) in [7, 11) is 0. The summed E-state index contributed by atoms with van der Waals surface area (Å²) in [5, 5.41) is 7.54. The lowest BCUT2D eigenvalue weighted by molar-refractivity contribution is 0.153. The van der Waals surface area contributed by atoms with E-state index < -0.39 is 0 Å². The quantitative estimate of drug-likeness (QED) is 0.287. The standard InChI is InChI=1S/C19H31N5O2.HI/c1-3-20-19(21-7-4-17-5-12-25-13-6-17)24-10-8-23(9-11-24)15-18-14-16(2)26-22-18;/h5,14H,3-4,6-13,15H2,1-2H3,(H,20,21);1H. The largest absolute Gasteiger partial charge is 0.377 e. The maximum absolute atomic E-state index is 5.37. The van der Waals surface area contributed by atoms with Gasteiger partial charge in [0.15, 0.2) is 5.96 Å². The van der Waals surface area contributed by atoms with Gasteiger partial charge in [-0.15, -0.1) is 24.0 Å². The highest BCUT2D eigenvalue weighted by Gasteiger charge is 2.20. The van der Waals surface area contributed by atoms with E-state index in [1.54, 1.807) is 0 Å². The average Bonchev–Trinajstić information content (AvgIpc) is 3.07. The Morgan fingerprint density at radius 3 is 2.74 bits per heavy atom. The fraction of sp³-hybridized carbons (Fsp3) is 0.684. The molecule has 8 heteroatoms. The first-order chi connectivity index (χ1) is 12.7. The summed E-state index contributed by atoms with van der Waals surface area (Å²) in [4.78, 5) is 9.64. The molecule has 0 aliphatic carbocycles. The number of guanidine groups is 1. The van der Waals surface area contributed by atoms with Crippen LogP contribution in [0, 0.1) is 6.92 Å². The van der Waals surface area contributed by atoms with E-state index in [0.29, 0.717) is 0 Å². The van der Waals surface area contributed by atoms with Gasteiger partial charge in [-0.2, -0.15) is 0 Å². The first-order valence-corrected chi connectivity index (χ1v) is 9.68. The number of aryl methyl sites for hydroxylation is 1. The third-order valence-corrected chi connectivity index (χ3v) is 4.82. The van der Waals surface area contributed by atoms with Gasteiger partial charge in [-0.05, 0) is 26.7 Å². The third-order valence-electron chi connectivity index (χ3n) is 4.82. The molecule has 0 spiro atoms. The summed E-state index contributed by atoms with van der Waals surface area (Å²) in [6.07, 6.45) is 4.28. The van der Waals surface area contributed by atoms with E-state index in [9.17, 15) is 0 Å². The summed E-state index contributed by atoms with van der Waals surface area (Å²) in [5.41, 5.74) is 2.49. The molecular formula is C19H32IN5O2. The van der Waals surface area contributed by atoms with Crippen LogP contribution in [0.5, 0.6) is 0 Å². The van der Waals surface area contributed by atoms with Crippen LogP contribution >= 0.6 is 24.0 Å². The van der Waals surface area contributed by atoms with Crippen molar-refractivity contribution in [3.63, 3.8) is 0 Å². The monoisotopic (exact) mass is 489 g/mol. The van der Waals surface area contributed by atoms with Crippen molar-refractivity contribution in [2.75, 3.05) is 52.5 Å². The molecule has 1 N–H and O–H groups in total. The third kappa shape index (κ3) is 7.08. The molecule has 1 saturated heterocycles. The van der Waals surface area contributed by atoms with Crippen LogP contribution in [0.4, 0.5) is 0 Å².